The lowest BCUT2D eigenvalue weighted by Crippen LogP contribution is -2.54. The van der Waals surface area contributed by atoms with Gasteiger partial charge >= 0.3 is 0 Å². The predicted molar refractivity (Wildman–Crippen MR) is 64.5 cm³/mol. The van der Waals surface area contributed by atoms with E-state index in [2.05, 4.69) is 0 Å². The number of rotatable bonds is 4. The fourth-order valence-corrected chi connectivity index (χ4v) is 2.57. The average Bonchev–Trinajstić information content (AvgIpc) is 2.22. The Bertz CT molecular complexity index is 277. The maximum absolute atomic E-state index is 11.3. The van der Waals surface area contributed by atoms with E-state index in [9.17, 15) is 9.90 Å². The molecule has 4 nitrogen and oxygen atoms in total. The number of carbonyl (C=O) groups is 1. The highest BCUT2D eigenvalue weighted by Gasteiger charge is 2.46. The number of ketones is 1. The molecule has 1 rings (SSSR count). The van der Waals surface area contributed by atoms with Crippen LogP contribution in [0.1, 0.15) is 40.5 Å². The van der Waals surface area contributed by atoms with Crippen molar-refractivity contribution in [3.63, 3.8) is 0 Å². The number of carbonyl (C=O) groups excluding carboxylic acids is 1. The summed E-state index contributed by atoms with van der Waals surface area (Å²) in [4.78, 5) is 11.3. The van der Waals surface area contributed by atoms with Crippen LogP contribution in [0.5, 0.6) is 0 Å². The lowest BCUT2D eigenvalue weighted by molar-refractivity contribution is -0.305. The maximum atomic E-state index is 11.3. The van der Waals surface area contributed by atoms with Crippen LogP contribution < -0.4 is 0 Å². The Labute approximate surface area is 103 Å². The molecule has 0 bridgehead atoms. The summed E-state index contributed by atoms with van der Waals surface area (Å²) >= 11 is 0. The molecular formula is C13H24O4. The number of ether oxygens (including phenoxy) is 2. The summed E-state index contributed by atoms with van der Waals surface area (Å²) in [6.45, 7) is 7.59. The fourth-order valence-electron chi connectivity index (χ4n) is 2.57. The molecule has 4 heteroatoms. The molecular weight excluding hydrogens is 220 g/mol. The number of methoxy groups -OCH3 is 1. The molecule has 1 aliphatic heterocycles. The molecule has 0 aromatic carbocycles. The van der Waals surface area contributed by atoms with Crippen LogP contribution in [0.15, 0.2) is 0 Å². The fraction of sp³-hybridized carbons (Fsp3) is 0.923. The molecule has 1 heterocycles. The van der Waals surface area contributed by atoms with E-state index in [-0.39, 0.29) is 30.1 Å². The van der Waals surface area contributed by atoms with E-state index in [1.807, 2.05) is 20.8 Å². The van der Waals surface area contributed by atoms with Gasteiger partial charge in [0.25, 0.3) is 0 Å². The molecule has 17 heavy (non-hydrogen) atoms. The smallest absolute Gasteiger partial charge is 0.177 e. The minimum absolute atomic E-state index is 0.0103. The summed E-state index contributed by atoms with van der Waals surface area (Å²) in [5.74, 6) is -0.602. The molecule has 100 valence electrons. The molecule has 0 saturated carbocycles. The van der Waals surface area contributed by atoms with Crippen molar-refractivity contribution in [1.82, 2.24) is 0 Å². The quantitative estimate of drug-likeness (QED) is 0.818. The highest BCUT2D eigenvalue weighted by Crippen LogP contribution is 2.38. The van der Waals surface area contributed by atoms with E-state index in [0.29, 0.717) is 6.42 Å². The van der Waals surface area contributed by atoms with Gasteiger partial charge in [0, 0.05) is 19.4 Å². The molecule has 0 aliphatic carbocycles. The Morgan fingerprint density at radius 2 is 2.18 bits per heavy atom. The van der Waals surface area contributed by atoms with Gasteiger partial charge in [0.1, 0.15) is 5.78 Å². The van der Waals surface area contributed by atoms with Crippen molar-refractivity contribution in [3.05, 3.63) is 0 Å². The van der Waals surface area contributed by atoms with Crippen LogP contribution in [-0.4, -0.2) is 36.0 Å². The van der Waals surface area contributed by atoms with E-state index in [4.69, 9.17) is 9.47 Å². The van der Waals surface area contributed by atoms with E-state index in [0.717, 1.165) is 0 Å². The van der Waals surface area contributed by atoms with E-state index < -0.39 is 11.9 Å². The van der Waals surface area contributed by atoms with Gasteiger partial charge in [-0.25, -0.2) is 0 Å². The first kappa shape index (κ1) is 14.6. The van der Waals surface area contributed by atoms with Crippen LogP contribution >= 0.6 is 0 Å². The van der Waals surface area contributed by atoms with E-state index >= 15 is 0 Å². The van der Waals surface area contributed by atoms with Gasteiger partial charge in [-0.05, 0) is 12.8 Å². The highest BCUT2D eigenvalue weighted by atomic mass is 16.7. The minimum Gasteiger partial charge on any atom is -0.393 e. The van der Waals surface area contributed by atoms with Gasteiger partial charge < -0.3 is 14.6 Å². The zero-order valence-electron chi connectivity index (χ0n) is 11.4. The summed E-state index contributed by atoms with van der Waals surface area (Å²) in [5.41, 5.74) is 0. The normalized spacial score (nSPS) is 38.4. The predicted octanol–water partition coefficient (Wildman–Crippen LogP) is 1.75. The van der Waals surface area contributed by atoms with E-state index in [1.54, 1.807) is 0 Å². The number of hydrogen-bond acceptors (Lipinski definition) is 4. The van der Waals surface area contributed by atoms with Crippen LogP contribution in [0.3, 0.4) is 0 Å². The third-order valence-corrected chi connectivity index (χ3v) is 3.54. The molecule has 1 saturated heterocycles. The highest BCUT2D eigenvalue weighted by molar-refractivity contribution is 5.76. The van der Waals surface area contributed by atoms with Crippen molar-refractivity contribution < 1.29 is 19.4 Å². The van der Waals surface area contributed by atoms with Crippen molar-refractivity contribution >= 4 is 5.78 Å². The summed E-state index contributed by atoms with van der Waals surface area (Å²) in [7, 11) is 1.53. The van der Waals surface area contributed by atoms with Gasteiger partial charge in [0.2, 0.25) is 0 Å². The third-order valence-electron chi connectivity index (χ3n) is 3.54. The Hall–Kier alpha value is -0.450. The van der Waals surface area contributed by atoms with Gasteiger partial charge in [0.05, 0.1) is 18.6 Å². The first-order valence-electron chi connectivity index (χ1n) is 6.22. The van der Waals surface area contributed by atoms with Gasteiger partial charge in [-0.2, -0.15) is 0 Å². The Kier molecular flexibility index (Phi) is 4.69. The molecule has 0 unspecified atom stereocenters. The zero-order chi connectivity index (χ0) is 13.2. The second-order valence-electron chi connectivity index (χ2n) is 5.45. The third kappa shape index (κ3) is 3.27. The summed E-state index contributed by atoms with van der Waals surface area (Å²) in [5, 5.41) is 10.1. The van der Waals surface area contributed by atoms with Crippen LogP contribution in [0.2, 0.25) is 0 Å². The number of hydrogen-bond donors (Lipinski definition) is 1. The number of aliphatic hydroxyl groups is 1. The van der Waals surface area contributed by atoms with Gasteiger partial charge in [-0.15, -0.1) is 0 Å². The molecule has 1 aliphatic rings. The second kappa shape index (κ2) is 5.46. The largest absolute Gasteiger partial charge is 0.393 e. The van der Waals surface area contributed by atoms with Crippen LogP contribution in [0.4, 0.5) is 0 Å². The topological polar surface area (TPSA) is 55.8 Å². The molecule has 0 radical (unpaired) electrons. The number of Topliss-reactive ketones (excluding diaryl/α,β-unsaturated/α-hetero) is 1. The Morgan fingerprint density at radius 1 is 1.59 bits per heavy atom. The van der Waals surface area contributed by atoms with E-state index in [1.165, 1.54) is 14.0 Å². The zero-order valence-corrected chi connectivity index (χ0v) is 11.4. The van der Waals surface area contributed by atoms with Crippen molar-refractivity contribution in [2.45, 2.75) is 58.5 Å². The molecule has 4 atom stereocenters. The summed E-state index contributed by atoms with van der Waals surface area (Å²) < 4.78 is 11.4. The molecule has 0 amide bonds. The molecule has 0 aromatic heterocycles. The first-order valence-corrected chi connectivity index (χ1v) is 6.22. The first-order chi connectivity index (χ1) is 7.81. The Balaban J connectivity index is 2.90. The average molecular weight is 244 g/mol. The molecule has 0 aromatic rings. The lowest BCUT2D eigenvalue weighted by atomic mass is 9.82. The Morgan fingerprint density at radius 3 is 2.59 bits per heavy atom. The van der Waals surface area contributed by atoms with Crippen molar-refractivity contribution in [1.29, 1.82) is 0 Å². The number of aliphatic hydroxyl groups excluding tert-OH is 1. The lowest BCUT2D eigenvalue weighted by Gasteiger charge is -2.46. The molecule has 1 fully saturated rings. The van der Waals surface area contributed by atoms with Crippen LogP contribution in [0, 0.1) is 11.8 Å². The SMILES string of the molecule is CO[C@]1(CC(C)=O)C[C@@H](O)[C@H](C)[C@@H](C(C)C)O1. The minimum atomic E-state index is -0.952. The summed E-state index contributed by atoms with van der Waals surface area (Å²) in [6, 6.07) is 0. The van der Waals surface area contributed by atoms with Crippen molar-refractivity contribution in [2.24, 2.45) is 11.8 Å². The van der Waals surface area contributed by atoms with Crippen LogP contribution in [0.25, 0.3) is 0 Å². The van der Waals surface area contributed by atoms with Crippen molar-refractivity contribution in [2.75, 3.05) is 7.11 Å². The standard InChI is InChI=1S/C13H24O4/c1-8(2)12-10(4)11(15)7-13(16-5,17-12)6-9(3)14/h8,10-12,15H,6-7H2,1-5H3/t10-,11+,12+,13-/m0/s1. The molecule has 0 spiro atoms. The molecule has 1 N–H and O–H groups in total. The summed E-state index contributed by atoms with van der Waals surface area (Å²) in [6.07, 6.45) is -0.0299. The van der Waals surface area contributed by atoms with Gasteiger partial charge in [0.15, 0.2) is 5.79 Å². The van der Waals surface area contributed by atoms with Crippen LogP contribution in [-0.2, 0) is 14.3 Å². The monoisotopic (exact) mass is 244 g/mol. The van der Waals surface area contributed by atoms with Crippen molar-refractivity contribution in [3.8, 4) is 0 Å². The maximum Gasteiger partial charge on any atom is 0.177 e. The second-order valence-corrected chi connectivity index (χ2v) is 5.45. The van der Waals surface area contributed by atoms with Gasteiger partial charge in [-0.1, -0.05) is 20.8 Å². The van der Waals surface area contributed by atoms with Gasteiger partial charge in [-0.3, -0.25) is 4.79 Å².